The summed E-state index contributed by atoms with van der Waals surface area (Å²) >= 11 is 0. The Balaban J connectivity index is 2.82. The SMILES string of the molecule is [C-]#[N+]C(CC(=O)N(CC)CC)C(=O)c1ccc(CO)cc1. The number of Topliss-reactive ketones (excluding diaryl/α,β-unsaturated/α-hetero) is 1. The van der Waals surface area contributed by atoms with Crippen LogP contribution in [0.25, 0.3) is 4.85 Å². The Hall–Kier alpha value is -2.19. The summed E-state index contributed by atoms with van der Waals surface area (Å²) in [6.45, 7) is 11.9. The van der Waals surface area contributed by atoms with Gasteiger partial charge >= 0.3 is 0 Å². The lowest BCUT2D eigenvalue weighted by Gasteiger charge is -2.18. The van der Waals surface area contributed by atoms with E-state index >= 15 is 0 Å². The van der Waals surface area contributed by atoms with Crippen molar-refractivity contribution in [2.24, 2.45) is 0 Å². The lowest BCUT2D eigenvalue weighted by Crippen LogP contribution is -2.34. The summed E-state index contributed by atoms with van der Waals surface area (Å²) < 4.78 is 0. The van der Waals surface area contributed by atoms with Crippen LogP contribution in [0.4, 0.5) is 0 Å². The van der Waals surface area contributed by atoms with Crippen LogP contribution in [0.1, 0.15) is 36.2 Å². The van der Waals surface area contributed by atoms with Crippen LogP contribution in [-0.4, -0.2) is 40.8 Å². The van der Waals surface area contributed by atoms with Crippen molar-refractivity contribution in [1.82, 2.24) is 4.90 Å². The van der Waals surface area contributed by atoms with E-state index in [1.807, 2.05) is 13.8 Å². The molecule has 1 atom stereocenters. The van der Waals surface area contributed by atoms with Crippen molar-refractivity contribution >= 4 is 11.7 Å². The summed E-state index contributed by atoms with van der Waals surface area (Å²) in [7, 11) is 0. The number of aliphatic hydroxyl groups is 1. The number of hydrogen-bond acceptors (Lipinski definition) is 3. The predicted octanol–water partition coefficient (Wildman–Crippen LogP) is 1.91. The van der Waals surface area contributed by atoms with Gasteiger partial charge in [0.05, 0.1) is 6.61 Å². The Morgan fingerprint density at radius 3 is 2.24 bits per heavy atom. The molecule has 1 aromatic carbocycles. The molecule has 1 N–H and O–H groups in total. The summed E-state index contributed by atoms with van der Waals surface area (Å²) in [4.78, 5) is 29.2. The van der Waals surface area contributed by atoms with Gasteiger partial charge in [-0.25, -0.2) is 6.57 Å². The van der Waals surface area contributed by atoms with Crippen LogP contribution in [0.2, 0.25) is 0 Å². The number of ketones is 1. The number of aliphatic hydroxyl groups excluding tert-OH is 1. The average molecular weight is 288 g/mol. The second-order valence-electron chi connectivity index (χ2n) is 4.63. The molecular formula is C16H20N2O3. The summed E-state index contributed by atoms with van der Waals surface area (Å²) in [5, 5.41) is 8.97. The maximum absolute atomic E-state index is 12.3. The molecule has 0 aliphatic carbocycles. The van der Waals surface area contributed by atoms with Crippen LogP contribution in [-0.2, 0) is 11.4 Å². The molecule has 5 nitrogen and oxygen atoms in total. The standard InChI is InChI=1S/C16H20N2O3/c1-4-18(5-2)15(20)10-14(17-3)16(21)13-8-6-12(11-19)7-9-13/h6-9,14,19H,4-5,10-11H2,1-2H3. The van der Waals surface area contributed by atoms with Gasteiger partial charge in [-0.15, -0.1) is 0 Å². The second-order valence-corrected chi connectivity index (χ2v) is 4.63. The molecule has 1 amide bonds. The number of carbonyl (C=O) groups is 2. The van der Waals surface area contributed by atoms with Gasteiger partial charge in [0.15, 0.2) is 0 Å². The number of amides is 1. The lowest BCUT2D eigenvalue weighted by molar-refractivity contribution is -0.130. The zero-order valence-corrected chi connectivity index (χ0v) is 12.4. The van der Waals surface area contributed by atoms with E-state index < -0.39 is 6.04 Å². The first kappa shape index (κ1) is 16.9. The lowest BCUT2D eigenvalue weighted by atomic mass is 10.0. The molecule has 21 heavy (non-hydrogen) atoms. The molecule has 0 spiro atoms. The minimum atomic E-state index is -0.988. The Labute approximate surface area is 125 Å². The van der Waals surface area contributed by atoms with Crippen LogP contribution < -0.4 is 0 Å². The monoisotopic (exact) mass is 288 g/mol. The van der Waals surface area contributed by atoms with Gasteiger partial charge in [-0.3, -0.25) is 9.59 Å². The van der Waals surface area contributed by atoms with Crippen molar-refractivity contribution in [2.45, 2.75) is 32.9 Å². The Morgan fingerprint density at radius 2 is 1.81 bits per heavy atom. The third kappa shape index (κ3) is 4.40. The van der Waals surface area contributed by atoms with Crippen molar-refractivity contribution in [3.05, 3.63) is 46.8 Å². The van der Waals surface area contributed by atoms with E-state index in [9.17, 15) is 9.59 Å². The van der Waals surface area contributed by atoms with Crippen molar-refractivity contribution < 1.29 is 14.7 Å². The maximum Gasteiger partial charge on any atom is 0.294 e. The highest BCUT2D eigenvalue weighted by Gasteiger charge is 2.29. The molecule has 0 aliphatic rings. The van der Waals surface area contributed by atoms with E-state index in [1.54, 1.807) is 29.2 Å². The Kier molecular flexibility index (Phi) is 6.57. The fourth-order valence-corrected chi connectivity index (χ4v) is 2.03. The van der Waals surface area contributed by atoms with Gasteiger partial charge < -0.3 is 14.9 Å². The minimum Gasteiger partial charge on any atom is -0.392 e. The highest BCUT2D eigenvalue weighted by molar-refractivity contribution is 6.03. The first-order chi connectivity index (χ1) is 10.1. The van der Waals surface area contributed by atoms with E-state index in [4.69, 9.17) is 11.7 Å². The number of nitrogens with zero attached hydrogens (tertiary/aromatic N) is 2. The molecule has 0 fully saturated rings. The molecule has 0 saturated carbocycles. The molecule has 0 saturated heterocycles. The molecule has 0 radical (unpaired) electrons. The van der Waals surface area contributed by atoms with Gasteiger partial charge in [0.2, 0.25) is 11.7 Å². The van der Waals surface area contributed by atoms with Crippen molar-refractivity contribution in [1.29, 1.82) is 0 Å². The molecule has 0 aliphatic heterocycles. The first-order valence-electron chi connectivity index (χ1n) is 6.95. The number of carbonyl (C=O) groups excluding carboxylic acids is 2. The summed E-state index contributed by atoms with van der Waals surface area (Å²) in [6.07, 6.45) is -0.0915. The van der Waals surface area contributed by atoms with Crippen molar-refractivity contribution in [3.63, 3.8) is 0 Å². The molecule has 1 rings (SSSR count). The third-order valence-corrected chi connectivity index (χ3v) is 3.36. The normalized spacial score (nSPS) is 11.5. The first-order valence-corrected chi connectivity index (χ1v) is 6.95. The van der Waals surface area contributed by atoms with Gasteiger partial charge in [-0.05, 0) is 19.4 Å². The molecule has 1 aromatic rings. The van der Waals surface area contributed by atoms with Crippen LogP contribution >= 0.6 is 0 Å². The quantitative estimate of drug-likeness (QED) is 0.616. The molecule has 112 valence electrons. The average Bonchev–Trinajstić information content (AvgIpc) is 2.53. The molecule has 0 heterocycles. The molecule has 1 unspecified atom stereocenters. The van der Waals surface area contributed by atoms with E-state index in [0.29, 0.717) is 24.2 Å². The zero-order valence-electron chi connectivity index (χ0n) is 12.4. The van der Waals surface area contributed by atoms with Crippen LogP contribution in [0.15, 0.2) is 24.3 Å². The summed E-state index contributed by atoms with van der Waals surface area (Å²) in [6, 6.07) is 5.45. The third-order valence-electron chi connectivity index (χ3n) is 3.36. The topological polar surface area (TPSA) is 62.0 Å². The zero-order chi connectivity index (χ0) is 15.8. The van der Waals surface area contributed by atoms with Gasteiger partial charge in [0.1, 0.15) is 6.42 Å². The Bertz CT molecular complexity index is 527. The minimum absolute atomic E-state index is 0.0915. The van der Waals surface area contributed by atoms with Crippen molar-refractivity contribution in [3.8, 4) is 0 Å². The maximum atomic E-state index is 12.3. The highest BCUT2D eigenvalue weighted by atomic mass is 16.3. The smallest absolute Gasteiger partial charge is 0.294 e. The van der Waals surface area contributed by atoms with Crippen LogP contribution in [0, 0.1) is 6.57 Å². The summed E-state index contributed by atoms with van der Waals surface area (Å²) in [5.41, 5.74) is 1.09. The fraction of sp³-hybridized carbons (Fsp3) is 0.438. The van der Waals surface area contributed by atoms with Gasteiger partial charge in [0, 0.05) is 18.7 Å². The highest BCUT2D eigenvalue weighted by Crippen LogP contribution is 2.13. The van der Waals surface area contributed by atoms with E-state index in [1.165, 1.54) is 0 Å². The van der Waals surface area contributed by atoms with Gasteiger partial charge in [-0.1, -0.05) is 24.3 Å². The van der Waals surface area contributed by atoms with Crippen molar-refractivity contribution in [2.75, 3.05) is 13.1 Å². The van der Waals surface area contributed by atoms with E-state index in [-0.39, 0.29) is 24.7 Å². The predicted molar refractivity (Wildman–Crippen MR) is 79.6 cm³/mol. The van der Waals surface area contributed by atoms with Crippen LogP contribution in [0.5, 0.6) is 0 Å². The van der Waals surface area contributed by atoms with E-state index in [0.717, 1.165) is 0 Å². The van der Waals surface area contributed by atoms with Gasteiger partial charge in [-0.2, -0.15) is 0 Å². The molecule has 5 heteroatoms. The molecular weight excluding hydrogens is 268 g/mol. The molecule has 0 bridgehead atoms. The molecule has 0 aromatic heterocycles. The number of rotatable bonds is 7. The van der Waals surface area contributed by atoms with Crippen LogP contribution in [0.3, 0.4) is 0 Å². The van der Waals surface area contributed by atoms with Gasteiger partial charge in [0.25, 0.3) is 6.04 Å². The fourth-order valence-electron chi connectivity index (χ4n) is 2.03. The number of hydrogen-bond donors (Lipinski definition) is 1. The Morgan fingerprint density at radius 1 is 1.24 bits per heavy atom. The second kappa shape index (κ2) is 8.18. The largest absolute Gasteiger partial charge is 0.392 e. The van der Waals surface area contributed by atoms with E-state index in [2.05, 4.69) is 4.85 Å². The number of benzene rings is 1. The summed E-state index contributed by atoms with van der Waals surface area (Å²) in [5.74, 6) is -0.531.